The number of oxazole rings is 1. The summed E-state index contributed by atoms with van der Waals surface area (Å²) in [6.45, 7) is 1.76. The van der Waals surface area contributed by atoms with Crippen molar-refractivity contribution in [2.45, 2.75) is 13.3 Å². The Bertz CT molecular complexity index is 980. The van der Waals surface area contributed by atoms with Crippen LogP contribution in [0.4, 0.5) is 5.69 Å². The Morgan fingerprint density at radius 1 is 1.04 bits per heavy atom. The van der Waals surface area contributed by atoms with Gasteiger partial charge in [-0.25, -0.2) is 4.98 Å². The van der Waals surface area contributed by atoms with Crippen LogP contribution in [0.1, 0.15) is 21.8 Å². The fourth-order valence-corrected chi connectivity index (χ4v) is 2.62. The lowest BCUT2D eigenvalue weighted by Gasteiger charge is -2.13. The molecule has 0 saturated carbocycles. The SMILES string of the molecule is Cc1oc(-c2ccccc2)nc1CC(=O)NNC(=O)c1cccc(N(C)C)c1. The van der Waals surface area contributed by atoms with Gasteiger partial charge in [0.1, 0.15) is 5.76 Å². The first-order chi connectivity index (χ1) is 13.4. The second-order valence-electron chi connectivity index (χ2n) is 6.51. The minimum absolute atomic E-state index is 0.000183. The molecule has 0 bridgehead atoms. The minimum atomic E-state index is -0.390. The van der Waals surface area contributed by atoms with Crippen LogP contribution in [0.5, 0.6) is 0 Å². The number of rotatable bonds is 5. The molecule has 0 unspecified atom stereocenters. The molecule has 1 heterocycles. The van der Waals surface area contributed by atoms with Crippen molar-refractivity contribution in [3.8, 4) is 11.5 Å². The topological polar surface area (TPSA) is 87.5 Å². The largest absolute Gasteiger partial charge is 0.441 e. The first-order valence-corrected chi connectivity index (χ1v) is 8.82. The van der Waals surface area contributed by atoms with Crippen molar-refractivity contribution in [1.82, 2.24) is 15.8 Å². The standard InChI is InChI=1S/C21H22N4O3/c1-14-18(22-21(28-14)15-8-5-4-6-9-15)13-19(26)23-24-20(27)16-10-7-11-17(12-16)25(2)3/h4-12H,13H2,1-3H3,(H,23,26)(H,24,27). The van der Waals surface area contributed by atoms with Crippen molar-refractivity contribution < 1.29 is 14.0 Å². The molecule has 3 aromatic rings. The second kappa shape index (κ2) is 8.39. The summed E-state index contributed by atoms with van der Waals surface area (Å²) in [6.07, 6.45) is 0.000183. The molecule has 0 spiro atoms. The highest BCUT2D eigenvalue weighted by molar-refractivity contribution is 5.96. The molecule has 2 amide bonds. The van der Waals surface area contributed by atoms with Crippen LogP contribution >= 0.6 is 0 Å². The highest BCUT2D eigenvalue weighted by Gasteiger charge is 2.15. The lowest BCUT2D eigenvalue weighted by Crippen LogP contribution is -2.42. The molecule has 0 radical (unpaired) electrons. The molecule has 28 heavy (non-hydrogen) atoms. The first-order valence-electron chi connectivity index (χ1n) is 8.82. The number of anilines is 1. The number of carbonyl (C=O) groups is 2. The normalized spacial score (nSPS) is 10.4. The van der Waals surface area contributed by atoms with Crippen molar-refractivity contribution in [3.63, 3.8) is 0 Å². The molecule has 0 aliphatic heterocycles. The summed E-state index contributed by atoms with van der Waals surface area (Å²) in [6, 6.07) is 16.6. The van der Waals surface area contributed by atoms with E-state index in [2.05, 4.69) is 15.8 Å². The van der Waals surface area contributed by atoms with E-state index in [0.717, 1.165) is 11.3 Å². The maximum atomic E-state index is 12.3. The van der Waals surface area contributed by atoms with E-state index in [-0.39, 0.29) is 18.2 Å². The Hall–Kier alpha value is -3.61. The zero-order chi connectivity index (χ0) is 20.1. The maximum Gasteiger partial charge on any atom is 0.269 e. The van der Waals surface area contributed by atoms with Crippen molar-refractivity contribution in [3.05, 3.63) is 71.6 Å². The quantitative estimate of drug-likeness (QED) is 0.667. The molecule has 3 rings (SSSR count). The summed E-state index contributed by atoms with van der Waals surface area (Å²) < 4.78 is 5.65. The lowest BCUT2D eigenvalue weighted by molar-refractivity contribution is -0.121. The van der Waals surface area contributed by atoms with Gasteiger partial charge in [0.2, 0.25) is 11.8 Å². The third kappa shape index (κ3) is 4.56. The Labute approximate surface area is 163 Å². The van der Waals surface area contributed by atoms with Crippen LogP contribution in [0.25, 0.3) is 11.5 Å². The third-order valence-electron chi connectivity index (χ3n) is 4.18. The van der Waals surface area contributed by atoms with E-state index in [9.17, 15) is 9.59 Å². The van der Waals surface area contributed by atoms with Crippen molar-refractivity contribution in [1.29, 1.82) is 0 Å². The van der Waals surface area contributed by atoms with E-state index in [1.165, 1.54) is 0 Å². The average molecular weight is 378 g/mol. The van der Waals surface area contributed by atoms with Gasteiger partial charge in [-0.1, -0.05) is 24.3 Å². The third-order valence-corrected chi connectivity index (χ3v) is 4.18. The smallest absolute Gasteiger partial charge is 0.269 e. The molecule has 144 valence electrons. The van der Waals surface area contributed by atoms with Gasteiger partial charge in [0.15, 0.2) is 0 Å². The zero-order valence-electron chi connectivity index (χ0n) is 16.0. The molecular weight excluding hydrogens is 356 g/mol. The van der Waals surface area contributed by atoms with E-state index < -0.39 is 0 Å². The number of aromatic nitrogens is 1. The highest BCUT2D eigenvalue weighted by Crippen LogP contribution is 2.21. The molecule has 0 saturated heterocycles. The Balaban J connectivity index is 1.60. The van der Waals surface area contributed by atoms with Crippen LogP contribution in [-0.4, -0.2) is 30.9 Å². The number of hydrazine groups is 1. The monoisotopic (exact) mass is 378 g/mol. The van der Waals surface area contributed by atoms with Gasteiger partial charge in [0.05, 0.1) is 12.1 Å². The highest BCUT2D eigenvalue weighted by atomic mass is 16.4. The number of amides is 2. The van der Waals surface area contributed by atoms with Crippen LogP contribution in [0.15, 0.2) is 59.0 Å². The van der Waals surface area contributed by atoms with E-state index in [4.69, 9.17) is 4.42 Å². The predicted molar refractivity (Wildman–Crippen MR) is 107 cm³/mol. The molecule has 0 aliphatic carbocycles. The van der Waals surface area contributed by atoms with Crippen LogP contribution < -0.4 is 15.8 Å². The lowest BCUT2D eigenvalue weighted by atomic mass is 10.2. The minimum Gasteiger partial charge on any atom is -0.441 e. The number of hydrogen-bond donors (Lipinski definition) is 2. The molecule has 2 N–H and O–H groups in total. The van der Waals surface area contributed by atoms with E-state index in [1.807, 2.05) is 55.4 Å². The number of nitrogens with zero attached hydrogens (tertiary/aromatic N) is 2. The Morgan fingerprint density at radius 3 is 2.50 bits per heavy atom. The summed E-state index contributed by atoms with van der Waals surface area (Å²) in [5.74, 6) is 0.261. The predicted octanol–water partition coefficient (Wildman–Crippen LogP) is 2.72. The number of hydrogen-bond acceptors (Lipinski definition) is 5. The van der Waals surface area contributed by atoms with E-state index in [0.29, 0.717) is 22.9 Å². The Kier molecular flexibility index (Phi) is 5.74. The van der Waals surface area contributed by atoms with Crippen LogP contribution in [0, 0.1) is 6.92 Å². The molecule has 2 aromatic carbocycles. The van der Waals surface area contributed by atoms with Gasteiger partial charge in [-0.05, 0) is 37.3 Å². The van der Waals surface area contributed by atoms with Gasteiger partial charge in [-0.15, -0.1) is 0 Å². The fraction of sp³-hybridized carbons (Fsp3) is 0.190. The maximum absolute atomic E-state index is 12.3. The van der Waals surface area contributed by atoms with Crippen molar-refractivity contribution in [2.75, 3.05) is 19.0 Å². The van der Waals surface area contributed by atoms with Gasteiger partial charge >= 0.3 is 0 Å². The number of aryl methyl sites for hydroxylation is 1. The van der Waals surface area contributed by atoms with Gasteiger partial charge in [-0.3, -0.25) is 20.4 Å². The summed E-state index contributed by atoms with van der Waals surface area (Å²) in [5, 5.41) is 0. The van der Waals surface area contributed by atoms with E-state index >= 15 is 0 Å². The van der Waals surface area contributed by atoms with Gasteiger partial charge in [0.25, 0.3) is 5.91 Å². The Morgan fingerprint density at radius 2 is 1.79 bits per heavy atom. The average Bonchev–Trinajstić information content (AvgIpc) is 3.07. The fourth-order valence-electron chi connectivity index (χ4n) is 2.62. The molecule has 0 fully saturated rings. The van der Waals surface area contributed by atoms with Crippen molar-refractivity contribution >= 4 is 17.5 Å². The second-order valence-corrected chi connectivity index (χ2v) is 6.51. The molecule has 0 atom stereocenters. The van der Waals surface area contributed by atoms with Gasteiger partial charge < -0.3 is 9.32 Å². The summed E-state index contributed by atoms with van der Waals surface area (Å²) in [4.78, 5) is 30.7. The summed E-state index contributed by atoms with van der Waals surface area (Å²) in [5.41, 5.74) is 7.56. The van der Waals surface area contributed by atoms with Crippen LogP contribution in [0.3, 0.4) is 0 Å². The van der Waals surface area contributed by atoms with Crippen LogP contribution in [0.2, 0.25) is 0 Å². The van der Waals surface area contributed by atoms with E-state index in [1.54, 1.807) is 25.1 Å². The van der Waals surface area contributed by atoms with Gasteiger partial charge in [0, 0.05) is 30.9 Å². The number of carbonyl (C=O) groups excluding carboxylic acids is 2. The molecule has 7 nitrogen and oxygen atoms in total. The molecular formula is C21H22N4O3. The summed E-state index contributed by atoms with van der Waals surface area (Å²) in [7, 11) is 3.78. The van der Waals surface area contributed by atoms with Crippen LogP contribution in [-0.2, 0) is 11.2 Å². The number of nitrogens with one attached hydrogen (secondary N) is 2. The number of benzene rings is 2. The van der Waals surface area contributed by atoms with Gasteiger partial charge in [-0.2, -0.15) is 0 Å². The molecule has 7 heteroatoms. The molecule has 0 aliphatic rings. The summed E-state index contributed by atoms with van der Waals surface area (Å²) >= 11 is 0. The first kappa shape index (κ1) is 19.2. The zero-order valence-corrected chi connectivity index (χ0v) is 16.0. The van der Waals surface area contributed by atoms with Crippen molar-refractivity contribution in [2.24, 2.45) is 0 Å². The molecule has 1 aromatic heterocycles.